The van der Waals surface area contributed by atoms with Crippen LogP contribution < -0.4 is 11.2 Å². The van der Waals surface area contributed by atoms with Crippen molar-refractivity contribution in [3.8, 4) is 0 Å². The fraction of sp³-hybridized carbons (Fsp3) is 0.227. The Balaban J connectivity index is 1.91. The topological polar surface area (TPSA) is 65.1 Å². The second-order valence-electron chi connectivity index (χ2n) is 7.29. The van der Waals surface area contributed by atoms with Crippen LogP contribution in [-0.2, 0) is 6.54 Å². The van der Waals surface area contributed by atoms with Crippen LogP contribution in [0.25, 0.3) is 21.9 Å². The van der Waals surface area contributed by atoms with Gasteiger partial charge in [0.05, 0.1) is 23.8 Å². The van der Waals surface area contributed by atoms with E-state index >= 15 is 0 Å². The van der Waals surface area contributed by atoms with E-state index in [2.05, 4.69) is 18.8 Å². The van der Waals surface area contributed by atoms with Gasteiger partial charge in [-0.3, -0.25) is 9.36 Å². The predicted molar refractivity (Wildman–Crippen MR) is 111 cm³/mol. The maximum absolute atomic E-state index is 12.9. The molecule has 28 heavy (non-hydrogen) atoms. The molecule has 0 fully saturated rings. The lowest BCUT2D eigenvalue weighted by Crippen LogP contribution is -2.22. The zero-order chi connectivity index (χ0) is 20.0. The SMILES string of the molecule is Cc1cc2oc(=O)cc(Cn3cnc4ccc(Cl)cc4c3=O)c2cc1C(C)C. The molecule has 0 spiro atoms. The minimum absolute atomic E-state index is 0.204. The molecule has 0 saturated heterocycles. The lowest BCUT2D eigenvalue weighted by molar-refractivity contribution is 0.556. The number of hydrogen-bond acceptors (Lipinski definition) is 4. The molecule has 2 aromatic heterocycles. The van der Waals surface area contributed by atoms with Crippen molar-refractivity contribution in [1.82, 2.24) is 9.55 Å². The van der Waals surface area contributed by atoms with Crippen LogP contribution in [0.3, 0.4) is 0 Å². The van der Waals surface area contributed by atoms with Crippen molar-refractivity contribution in [2.75, 3.05) is 0 Å². The number of benzene rings is 2. The second-order valence-corrected chi connectivity index (χ2v) is 7.73. The highest BCUT2D eigenvalue weighted by Gasteiger charge is 2.13. The number of aromatic nitrogens is 2. The van der Waals surface area contributed by atoms with Gasteiger partial charge in [-0.05, 0) is 59.9 Å². The number of aryl methyl sites for hydroxylation is 1. The summed E-state index contributed by atoms with van der Waals surface area (Å²) in [6.07, 6.45) is 1.50. The van der Waals surface area contributed by atoms with Crippen LogP contribution in [0.15, 0.2) is 56.7 Å². The Morgan fingerprint density at radius 2 is 1.89 bits per heavy atom. The van der Waals surface area contributed by atoms with Gasteiger partial charge in [0.25, 0.3) is 5.56 Å². The van der Waals surface area contributed by atoms with Crippen LogP contribution in [0.4, 0.5) is 0 Å². The third-order valence-electron chi connectivity index (χ3n) is 4.97. The van der Waals surface area contributed by atoms with Crippen molar-refractivity contribution >= 4 is 33.5 Å². The van der Waals surface area contributed by atoms with E-state index in [0.717, 1.165) is 16.5 Å². The van der Waals surface area contributed by atoms with Crippen LogP contribution in [0, 0.1) is 6.92 Å². The summed E-state index contributed by atoms with van der Waals surface area (Å²) in [5.74, 6) is 0.330. The summed E-state index contributed by atoms with van der Waals surface area (Å²) in [6, 6.07) is 10.4. The Morgan fingerprint density at radius 3 is 2.64 bits per heavy atom. The third kappa shape index (κ3) is 3.22. The molecule has 0 aliphatic rings. The van der Waals surface area contributed by atoms with Gasteiger partial charge < -0.3 is 4.42 Å². The van der Waals surface area contributed by atoms with Gasteiger partial charge in [0.15, 0.2) is 0 Å². The van der Waals surface area contributed by atoms with E-state index in [1.807, 2.05) is 19.1 Å². The van der Waals surface area contributed by atoms with Crippen molar-refractivity contribution in [3.05, 3.63) is 85.2 Å². The second kappa shape index (κ2) is 6.91. The molecule has 6 heteroatoms. The van der Waals surface area contributed by atoms with Crippen LogP contribution in [0.5, 0.6) is 0 Å². The van der Waals surface area contributed by atoms with Crippen molar-refractivity contribution < 1.29 is 4.42 Å². The van der Waals surface area contributed by atoms with Gasteiger partial charge in [-0.15, -0.1) is 0 Å². The first-order valence-electron chi connectivity index (χ1n) is 9.05. The molecule has 0 saturated carbocycles. The van der Waals surface area contributed by atoms with Crippen molar-refractivity contribution in [3.63, 3.8) is 0 Å². The Hall–Kier alpha value is -2.92. The summed E-state index contributed by atoms with van der Waals surface area (Å²) in [6.45, 7) is 6.46. The molecule has 0 bridgehead atoms. The van der Waals surface area contributed by atoms with Gasteiger partial charge in [0.2, 0.25) is 0 Å². The van der Waals surface area contributed by atoms with E-state index in [0.29, 0.717) is 27.4 Å². The summed E-state index contributed by atoms with van der Waals surface area (Å²) in [5, 5.41) is 1.75. The fourth-order valence-corrected chi connectivity index (χ4v) is 3.74. The van der Waals surface area contributed by atoms with Crippen LogP contribution in [-0.4, -0.2) is 9.55 Å². The Labute approximate surface area is 166 Å². The molecule has 2 aromatic carbocycles. The molecular weight excluding hydrogens is 376 g/mol. The molecule has 0 N–H and O–H groups in total. The summed E-state index contributed by atoms with van der Waals surface area (Å²) in [5.41, 5.74) is 3.43. The highest BCUT2D eigenvalue weighted by atomic mass is 35.5. The fourth-order valence-electron chi connectivity index (χ4n) is 3.57. The van der Waals surface area contributed by atoms with Crippen LogP contribution in [0.1, 0.15) is 36.5 Å². The van der Waals surface area contributed by atoms with E-state index in [-0.39, 0.29) is 12.1 Å². The van der Waals surface area contributed by atoms with E-state index < -0.39 is 5.63 Å². The molecule has 4 aromatic rings. The number of hydrogen-bond donors (Lipinski definition) is 0. The minimum Gasteiger partial charge on any atom is -0.423 e. The highest BCUT2D eigenvalue weighted by Crippen LogP contribution is 2.27. The van der Waals surface area contributed by atoms with E-state index in [1.165, 1.54) is 22.5 Å². The van der Waals surface area contributed by atoms with Crippen molar-refractivity contribution in [2.45, 2.75) is 33.2 Å². The summed E-state index contributed by atoms with van der Waals surface area (Å²) in [4.78, 5) is 29.3. The smallest absolute Gasteiger partial charge is 0.336 e. The predicted octanol–water partition coefficient (Wildman–Crippen LogP) is 4.64. The maximum atomic E-state index is 12.9. The van der Waals surface area contributed by atoms with Gasteiger partial charge in [0, 0.05) is 16.5 Å². The van der Waals surface area contributed by atoms with Crippen LogP contribution in [0.2, 0.25) is 5.02 Å². The molecule has 5 nitrogen and oxygen atoms in total. The van der Waals surface area contributed by atoms with Crippen LogP contribution >= 0.6 is 11.6 Å². The van der Waals surface area contributed by atoms with Crippen molar-refractivity contribution in [2.24, 2.45) is 0 Å². The molecule has 4 rings (SSSR count). The van der Waals surface area contributed by atoms with E-state index in [1.54, 1.807) is 18.2 Å². The normalized spacial score (nSPS) is 11.6. The standard InChI is InChI=1S/C22H19ClN2O3/c1-12(2)16-9-17-14(7-21(26)28-20(17)6-13(16)3)10-25-11-24-19-5-4-15(23)8-18(19)22(25)27/h4-9,11-12H,10H2,1-3H3. The molecular formula is C22H19ClN2O3. The monoisotopic (exact) mass is 394 g/mol. The Kier molecular flexibility index (Phi) is 4.55. The number of fused-ring (bicyclic) bond motifs is 2. The molecule has 0 aliphatic carbocycles. The molecule has 142 valence electrons. The number of halogens is 1. The van der Waals surface area contributed by atoms with Gasteiger partial charge >= 0.3 is 5.63 Å². The Bertz CT molecular complexity index is 1340. The average Bonchev–Trinajstić information content (AvgIpc) is 2.63. The van der Waals surface area contributed by atoms with Crippen molar-refractivity contribution in [1.29, 1.82) is 0 Å². The first-order chi connectivity index (χ1) is 13.3. The molecule has 0 aliphatic heterocycles. The molecule has 0 radical (unpaired) electrons. The van der Waals surface area contributed by atoms with Gasteiger partial charge in [-0.25, -0.2) is 9.78 Å². The lowest BCUT2D eigenvalue weighted by atomic mass is 9.95. The first-order valence-corrected chi connectivity index (χ1v) is 9.43. The van der Waals surface area contributed by atoms with Gasteiger partial charge in [-0.2, -0.15) is 0 Å². The molecule has 0 atom stereocenters. The van der Waals surface area contributed by atoms with E-state index in [9.17, 15) is 9.59 Å². The third-order valence-corrected chi connectivity index (χ3v) is 5.20. The maximum Gasteiger partial charge on any atom is 0.336 e. The van der Waals surface area contributed by atoms with Gasteiger partial charge in [0.1, 0.15) is 5.58 Å². The first kappa shape index (κ1) is 18.4. The van der Waals surface area contributed by atoms with Gasteiger partial charge in [-0.1, -0.05) is 25.4 Å². The lowest BCUT2D eigenvalue weighted by Gasteiger charge is -2.14. The summed E-state index contributed by atoms with van der Waals surface area (Å²) in [7, 11) is 0. The zero-order valence-electron chi connectivity index (χ0n) is 15.8. The summed E-state index contributed by atoms with van der Waals surface area (Å²) < 4.78 is 6.88. The zero-order valence-corrected chi connectivity index (χ0v) is 16.6. The molecule has 0 unspecified atom stereocenters. The molecule has 0 amide bonds. The number of nitrogens with zero attached hydrogens (tertiary/aromatic N) is 2. The number of rotatable bonds is 3. The quantitative estimate of drug-likeness (QED) is 0.475. The highest BCUT2D eigenvalue weighted by molar-refractivity contribution is 6.31. The summed E-state index contributed by atoms with van der Waals surface area (Å²) >= 11 is 6.03. The average molecular weight is 395 g/mol. The van der Waals surface area contributed by atoms with E-state index in [4.69, 9.17) is 16.0 Å². The Morgan fingerprint density at radius 1 is 1.11 bits per heavy atom. The molecule has 2 heterocycles. The minimum atomic E-state index is -0.441. The largest absolute Gasteiger partial charge is 0.423 e.